The lowest BCUT2D eigenvalue weighted by Crippen LogP contribution is -2.15. The Hall–Kier alpha value is -1.71. The number of hydrogen-bond acceptors (Lipinski definition) is 8. The van der Waals surface area contributed by atoms with Crippen molar-refractivity contribution in [3.8, 4) is 5.75 Å². The van der Waals surface area contributed by atoms with E-state index in [1.54, 1.807) is 0 Å². The van der Waals surface area contributed by atoms with E-state index < -0.39 is 0 Å². The van der Waals surface area contributed by atoms with Crippen LogP contribution in [0.4, 0.5) is 0 Å². The summed E-state index contributed by atoms with van der Waals surface area (Å²) in [6, 6.07) is 9.66. The molecule has 1 aromatic carbocycles. The molecule has 1 aromatic rings. The number of benzene rings is 1. The Bertz CT molecular complexity index is 540. The Morgan fingerprint density at radius 1 is 0.606 bits per heavy atom. The molecule has 0 fully saturated rings. The van der Waals surface area contributed by atoms with Gasteiger partial charge in [0.05, 0.1) is 66.1 Å². The Kier molecular flexibility index (Phi) is 20.8. The van der Waals surface area contributed by atoms with Crippen LogP contribution in [0.2, 0.25) is 0 Å². The second-order valence-electron chi connectivity index (χ2n) is 7.25. The zero-order valence-electron chi connectivity index (χ0n) is 20.2. The molecule has 0 aliphatic rings. The lowest BCUT2D eigenvalue weighted by atomic mass is 10.2. The molecule has 8 heteroatoms. The van der Waals surface area contributed by atoms with E-state index in [-0.39, 0.29) is 5.97 Å². The van der Waals surface area contributed by atoms with Gasteiger partial charge >= 0.3 is 5.97 Å². The second kappa shape index (κ2) is 23.4. The van der Waals surface area contributed by atoms with Gasteiger partial charge in [0, 0.05) is 6.42 Å². The van der Waals surface area contributed by atoms with Crippen LogP contribution >= 0.6 is 0 Å². The molecule has 0 heterocycles. The average molecular weight is 471 g/mol. The van der Waals surface area contributed by atoms with Crippen molar-refractivity contribution < 1.29 is 38.0 Å². The maximum Gasteiger partial charge on any atom is 0.305 e. The Morgan fingerprint density at radius 2 is 1.09 bits per heavy atom. The van der Waals surface area contributed by atoms with Gasteiger partial charge in [0.2, 0.25) is 0 Å². The van der Waals surface area contributed by atoms with Crippen molar-refractivity contribution in [2.45, 2.75) is 39.0 Å². The summed E-state index contributed by atoms with van der Waals surface area (Å²) in [5.74, 6) is 0.699. The van der Waals surface area contributed by atoms with Crippen LogP contribution in [0.15, 0.2) is 30.3 Å². The van der Waals surface area contributed by atoms with Gasteiger partial charge in [-0.25, -0.2) is 0 Å². The van der Waals surface area contributed by atoms with E-state index in [9.17, 15) is 4.79 Å². The van der Waals surface area contributed by atoms with Gasteiger partial charge in [-0.1, -0.05) is 44.4 Å². The first-order valence-corrected chi connectivity index (χ1v) is 12.0. The van der Waals surface area contributed by atoms with Gasteiger partial charge < -0.3 is 33.2 Å². The zero-order valence-corrected chi connectivity index (χ0v) is 20.2. The molecule has 1 rings (SSSR count). The smallest absolute Gasteiger partial charge is 0.305 e. The molecule has 0 aromatic heterocycles. The number of unbranched alkanes of at least 4 members (excludes halogenated alkanes) is 3. The normalized spacial score (nSPS) is 10.9. The van der Waals surface area contributed by atoms with Crippen molar-refractivity contribution in [1.29, 1.82) is 0 Å². The topological polar surface area (TPSA) is 81.7 Å². The van der Waals surface area contributed by atoms with Crippen LogP contribution in [0.1, 0.15) is 39.0 Å². The van der Waals surface area contributed by atoms with E-state index >= 15 is 0 Å². The van der Waals surface area contributed by atoms with Crippen molar-refractivity contribution in [1.82, 2.24) is 0 Å². The summed E-state index contributed by atoms with van der Waals surface area (Å²) >= 11 is 0. The maximum atomic E-state index is 11.5. The molecule has 0 atom stereocenters. The largest absolute Gasteiger partial charge is 0.491 e. The molecule has 0 radical (unpaired) electrons. The fourth-order valence-corrected chi connectivity index (χ4v) is 2.70. The number of para-hydroxylation sites is 1. The van der Waals surface area contributed by atoms with Crippen LogP contribution in [0.25, 0.3) is 0 Å². The van der Waals surface area contributed by atoms with E-state index in [1.165, 1.54) is 0 Å². The molecule has 0 aliphatic carbocycles. The van der Waals surface area contributed by atoms with E-state index in [2.05, 4.69) is 6.92 Å². The first-order valence-electron chi connectivity index (χ1n) is 12.0. The number of ether oxygens (including phenoxy) is 7. The van der Waals surface area contributed by atoms with Gasteiger partial charge in [0.25, 0.3) is 0 Å². The summed E-state index contributed by atoms with van der Waals surface area (Å²) in [4.78, 5) is 11.5. The third-order valence-electron chi connectivity index (χ3n) is 4.45. The van der Waals surface area contributed by atoms with Crippen molar-refractivity contribution in [2.24, 2.45) is 0 Å². The summed E-state index contributed by atoms with van der Waals surface area (Å²) in [7, 11) is 0. The third-order valence-corrected chi connectivity index (χ3v) is 4.45. The fraction of sp³-hybridized carbons (Fsp3) is 0.720. The lowest BCUT2D eigenvalue weighted by Gasteiger charge is -2.09. The van der Waals surface area contributed by atoms with Crippen LogP contribution in [0, 0.1) is 0 Å². The van der Waals surface area contributed by atoms with Crippen LogP contribution in [-0.2, 0) is 33.2 Å². The Morgan fingerprint density at radius 3 is 1.61 bits per heavy atom. The Balaban J connectivity index is 1.68. The standard InChI is InChI=1S/C25H42O8/c1-2-3-4-8-11-25(26)33-23-21-31-19-17-29-15-13-27-12-14-28-16-18-30-20-22-32-24-9-6-5-7-10-24/h5-7,9-10H,2-4,8,11-23H2,1H3. The number of hydrogen-bond donors (Lipinski definition) is 0. The van der Waals surface area contributed by atoms with Crippen LogP contribution in [0.5, 0.6) is 5.75 Å². The minimum Gasteiger partial charge on any atom is -0.491 e. The number of esters is 1. The number of rotatable bonds is 24. The molecule has 0 unspecified atom stereocenters. The molecule has 33 heavy (non-hydrogen) atoms. The van der Waals surface area contributed by atoms with Gasteiger partial charge in [-0.2, -0.15) is 0 Å². The molecule has 0 bridgehead atoms. The molecular formula is C25H42O8. The highest BCUT2D eigenvalue weighted by Gasteiger charge is 2.02. The summed E-state index contributed by atoms with van der Waals surface area (Å²) in [5, 5.41) is 0. The molecule has 8 nitrogen and oxygen atoms in total. The minimum absolute atomic E-state index is 0.145. The highest BCUT2D eigenvalue weighted by Crippen LogP contribution is 2.07. The highest BCUT2D eigenvalue weighted by molar-refractivity contribution is 5.69. The molecule has 0 amide bonds. The van der Waals surface area contributed by atoms with Gasteiger partial charge in [0.1, 0.15) is 19.0 Å². The predicted molar refractivity (Wildman–Crippen MR) is 126 cm³/mol. The van der Waals surface area contributed by atoms with Crippen molar-refractivity contribution in [3.63, 3.8) is 0 Å². The fourth-order valence-electron chi connectivity index (χ4n) is 2.70. The maximum absolute atomic E-state index is 11.5. The average Bonchev–Trinajstić information content (AvgIpc) is 2.84. The predicted octanol–water partition coefficient (Wildman–Crippen LogP) is 3.66. The Labute approximate surface area is 198 Å². The molecule has 190 valence electrons. The first kappa shape index (κ1) is 29.3. The molecule has 0 saturated heterocycles. The van der Waals surface area contributed by atoms with E-state index in [4.69, 9.17) is 33.2 Å². The van der Waals surface area contributed by atoms with Crippen molar-refractivity contribution in [3.05, 3.63) is 30.3 Å². The quantitative estimate of drug-likeness (QED) is 0.167. The van der Waals surface area contributed by atoms with Gasteiger partial charge in [-0.3, -0.25) is 4.79 Å². The van der Waals surface area contributed by atoms with E-state index in [0.717, 1.165) is 31.4 Å². The summed E-state index contributed by atoms with van der Waals surface area (Å²) < 4.78 is 37.8. The first-order chi connectivity index (χ1) is 16.3. The van der Waals surface area contributed by atoms with Gasteiger partial charge in [0.15, 0.2) is 0 Å². The summed E-state index contributed by atoms with van der Waals surface area (Å²) in [6.45, 7) is 7.92. The summed E-state index contributed by atoms with van der Waals surface area (Å²) in [6.07, 6.45) is 4.80. The minimum atomic E-state index is -0.145. The number of carbonyl (C=O) groups is 1. The van der Waals surface area contributed by atoms with Crippen LogP contribution in [0.3, 0.4) is 0 Å². The third kappa shape index (κ3) is 20.6. The van der Waals surface area contributed by atoms with E-state index in [0.29, 0.717) is 85.7 Å². The van der Waals surface area contributed by atoms with Crippen LogP contribution < -0.4 is 4.74 Å². The molecule has 0 N–H and O–H groups in total. The SMILES string of the molecule is CCCCCCC(=O)OCCOCCOCCOCCOCCOCCOc1ccccc1. The zero-order chi connectivity index (χ0) is 23.7. The highest BCUT2D eigenvalue weighted by atomic mass is 16.6. The van der Waals surface area contributed by atoms with Crippen molar-refractivity contribution in [2.75, 3.05) is 79.3 Å². The van der Waals surface area contributed by atoms with Gasteiger partial charge in [-0.15, -0.1) is 0 Å². The van der Waals surface area contributed by atoms with Gasteiger partial charge in [-0.05, 0) is 18.6 Å². The number of carbonyl (C=O) groups excluding carboxylic acids is 1. The van der Waals surface area contributed by atoms with Crippen LogP contribution in [-0.4, -0.2) is 85.3 Å². The monoisotopic (exact) mass is 470 g/mol. The van der Waals surface area contributed by atoms with E-state index in [1.807, 2.05) is 30.3 Å². The van der Waals surface area contributed by atoms with Crippen molar-refractivity contribution >= 4 is 5.97 Å². The molecule has 0 spiro atoms. The summed E-state index contributed by atoms with van der Waals surface area (Å²) in [5.41, 5.74) is 0. The molecule has 0 aliphatic heterocycles. The second-order valence-corrected chi connectivity index (χ2v) is 7.25. The lowest BCUT2D eigenvalue weighted by molar-refractivity contribution is -0.145. The molecular weight excluding hydrogens is 428 g/mol. The molecule has 0 saturated carbocycles.